The van der Waals surface area contributed by atoms with Gasteiger partial charge in [-0.05, 0) is 18.8 Å². The van der Waals surface area contributed by atoms with Gasteiger partial charge in [-0.25, -0.2) is 0 Å². The van der Waals surface area contributed by atoms with Gasteiger partial charge in [-0.15, -0.1) is 0 Å². The number of hydrogen-bond acceptors (Lipinski definition) is 4. The van der Waals surface area contributed by atoms with Crippen LogP contribution in [-0.4, -0.2) is 46.2 Å². The quantitative estimate of drug-likeness (QED) is 0.370. The van der Waals surface area contributed by atoms with Crippen molar-refractivity contribution in [1.29, 1.82) is 0 Å². The van der Waals surface area contributed by atoms with E-state index in [0.29, 0.717) is 5.92 Å². The monoisotopic (exact) mass is 329 g/mol. The Balaban J connectivity index is 1.80. The van der Waals surface area contributed by atoms with Crippen LogP contribution in [0, 0.1) is 5.92 Å². The molecule has 0 aromatic carbocycles. The predicted molar refractivity (Wildman–Crippen MR) is 95.4 cm³/mol. The summed E-state index contributed by atoms with van der Waals surface area (Å²) in [5.41, 5.74) is 0. The van der Waals surface area contributed by atoms with Gasteiger partial charge in [0.2, 0.25) is 0 Å². The molecule has 0 aromatic rings. The normalized spacial score (nSPS) is 26.7. The second-order valence-electron chi connectivity index (χ2n) is 7.41. The summed E-state index contributed by atoms with van der Waals surface area (Å²) in [7, 11) is 0. The van der Waals surface area contributed by atoms with E-state index in [9.17, 15) is 10.2 Å². The van der Waals surface area contributed by atoms with Crippen LogP contribution in [0.5, 0.6) is 0 Å². The summed E-state index contributed by atoms with van der Waals surface area (Å²) in [6, 6.07) is 0.0999. The van der Waals surface area contributed by atoms with Crippen molar-refractivity contribution in [1.82, 2.24) is 5.32 Å². The van der Waals surface area contributed by atoms with Crippen LogP contribution in [-0.2, 0) is 0 Å². The zero-order valence-corrected chi connectivity index (χ0v) is 15.2. The molecule has 1 aliphatic heterocycles. The first-order valence-corrected chi connectivity index (χ1v) is 9.83. The summed E-state index contributed by atoms with van der Waals surface area (Å²) in [5, 5.41) is 31.8. The van der Waals surface area contributed by atoms with Crippen LogP contribution in [0.15, 0.2) is 0 Å². The average molecular weight is 330 g/mol. The van der Waals surface area contributed by atoms with Gasteiger partial charge in [-0.2, -0.15) is 0 Å². The summed E-state index contributed by atoms with van der Waals surface area (Å²) in [6.07, 6.45) is 12.5. The zero-order chi connectivity index (χ0) is 17.1. The van der Waals surface area contributed by atoms with E-state index in [1.54, 1.807) is 0 Å². The number of hydrogen-bond donors (Lipinski definition) is 4. The molecule has 1 heterocycles. The van der Waals surface area contributed by atoms with E-state index in [1.165, 1.54) is 38.5 Å². The molecule has 4 nitrogen and oxygen atoms in total. The smallest absolute Gasteiger partial charge is 0.0868 e. The number of nitrogens with one attached hydrogen (secondary N) is 1. The minimum atomic E-state index is -0.356. The van der Waals surface area contributed by atoms with Crippen molar-refractivity contribution in [3.63, 3.8) is 0 Å². The van der Waals surface area contributed by atoms with E-state index in [-0.39, 0.29) is 30.9 Å². The van der Waals surface area contributed by atoms with Crippen molar-refractivity contribution in [3.05, 3.63) is 0 Å². The van der Waals surface area contributed by atoms with E-state index in [2.05, 4.69) is 19.2 Å². The Morgan fingerprint density at radius 2 is 1.48 bits per heavy atom. The largest absolute Gasteiger partial charge is 0.395 e. The molecule has 1 saturated heterocycles. The van der Waals surface area contributed by atoms with Gasteiger partial charge in [-0.3, -0.25) is 0 Å². The molecule has 0 amide bonds. The Labute approximate surface area is 142 Å². The van der Waals surface area contributed by atoms with Crippen LogP contribution in [0.1, 0.15) is 84.5 Å². The summed E-state index contributed by atoms with van der Waals surface area (Å²) in [5.74, 6) is 0.436. The molecule has 0 spiro atoms. The molecule has 138 valence electrons. The third kappa shape index (κ3) is 7.97. The van der Waals surface area contributed by atoms with Crippen LogP contribution in [0.2, 0.25) is 0 Å². The van der Waals surface area contributed by atoms with Gasteiger partial charge in [0.1, 0.15) is 0 Å². The van der Waals surface area contributed by atoms with E-state index >= 15 is 0 Å². The topological polar surface area (TPSA) is 72.7 Å². The Bertz CT molecular complexity index is 288. The number of aliphatic hydroxyl groups is 3. The van der Waals surface area contributed by atoms with Gasteiger partial charge in [0, 0.05) is 6.04 Å². The maximum Gasteiger partial charge on any atom is 0.0868 e. The lowest BCUT2D eigenvalue weighted by Gasteiger charge is -2.42. The molecular weight excluding hydrogens is 290 g/mol. The third-order valence-electron chi connectivity index (χ3n) is 5.52. The first kappa shape index (κ1) is 20.9. The van der Waals surface area contributed by atoms with Crippen molar-refractivity contribution in [2.75, 3.05) is 6.61 Å². The third-order valence-corrected chi connectivity index (χ3v) is 5.52. The molecule has 0 aromatic heterocycles. The van der Waals surface area contributed by atoms with Gasteiger partial charge < -0.3 is 20.6 Å². The minimum Gasteiger partial charge on any atom is -0.395 e. The second kappa shape index (κ2) is 12.2. The summed E-state index contributed by atoms with van der Waals surface area (Å²) in [6.45, 7) is 4.30. The first-order chi connectivity index (χ1) is 11.1. The lowest BCUT2D eigenvalue weighted by atomic mass is 9.89. The molecule has 0 bridgehead atoms. The van der Waals surface area contributed by atoms with Crippen molar-refractivity contribution in [2.24, 2.45) is 5.92 Å². The molecule has 5 atom stereocenters. The highest BCUT2D eigenvalue weighted by atomic mass is 16.3. The average Bonchev–Trinajstić information content (AvgIpc) is 2.56. The Hall–Kier alpha value is -0.160. The molecule has 0 aliphatic carbocycles. The van der Waals surface area contributed by atoms with Crippen molar-refractivity contribution in [3.8, 4) is 0 Å². The molecule has 1 aliphatic rings. The lowest BCUT2D eigenvalue weighted by Crippen LogP contribution is -2.66. The van der Waals surface area contributed by atoms with Crippen LogP contribution < -0.4 is 5.32 Å². The highest BCUT2D eigenvalue weighted by Crippen LogP contribution is 2.19. The van der Waals surface area contributed by atoms with Gasteiger partial charge in [0.25, 0.3) is 0 Å². The van der Waals surface area contributed by atoms with E-state index in [1.807, 2.05) is 0 Å². The highest BCUT2D eigenvalue weighted by molar-refractivity contribution is 4.97. The Morgan fingerprint density at radius 3 is 2.00 bits per heavy atom. The standard InChI is InChI=1S/C19H39NO3/c1-3-15(2)18(22)13-11-9-7-5-4-6-8-10-12-16-19(23)17(14-21)20-16/h15-23H,3-14H2,1-2H3/t15-,16-,17-,18-,19+/m0/s1. The lowest BCUT2D eigenvalue weighted by molar-refractivity contribution is -0.0192. The molecule has 0 radical (unpaired) electrons. The first-order valence-electron chi connectivity index (χ1n) is 9.83. The summed E-state index contributed by atoms with van der Waals surface area (Å²) >= 11 is 0. The highest BCUT2D eigenvalue weighted by Gasteiger charge is 2.37. The SMILES string of the molecule is CC[C@H](C)[C@@H](O)CCCCCCCCCC[C@@H]1N[C@@H](CO)[C@@H]1O. The minimum absolute atomic E-state index is 0.0338. The molecule has 23 heavy (non-hydrogen) atoms. The maximum absolute atomic E-state index is 9.90. The van der Waals surface area contributed by atoms with Gasteiger partial charge in [0.15, 0.2) is 0 Å². The number of unbranched alkanes of at least 4 members (excludes halogenated alkanes) is 7. The number of aliphatic hydroxyl groups excluding tert-OH is 3. The van der Waals surface area contributed by atoms with Gasteiger partial charge in [-0.1, -0.05) is 71.6 Å². The number of rotatable bonds is 14. The fourth-order valence-corrected chi connectivity index (χ4v) is 3.38. The van der Waals surface area contributed by atoms with Crippen molar-refractivity contribution >= 4 is 0 Å². The molecule has 4 N–H and O–H groups in total. The Kier molecular flexibility index (Phi) is 11.1. The maximum atomic E-state index is 9.90. The van der Waals surface area contributed by atoms with Crippen LogP contribution >= 0.6 is 0 Å². The summed E-state index contributed by atoms with van der Waals surface area (Å²) in [4.78, 5) is 0. The van der Waals surface area contributed by atoms with Crippen molar-refractivity contribution in [2.45, 2.75) is 109 Å². The molecule has 0 saturated carbocycles. The molecule has 4 heteroatoms. The van der Waals surface area contributed by atoms with Gasteiger partial charge in [0.05, 0.1) is 24.9 Å². The predicted octanol–water partition coefficient (Wildman–Crippen LogP) is 2.99. The molecule has 1 rings (SSSR count). The second-order valence-corrected chi connectivity index (χ2v) is 7.41. The fraction of sp³-hybridized carbons (Fsp3) is 1.00. The van der Waals surface area contributed by atoms with Crippen LogP contribution in [0.4, 0.5) is 0 Å². The van der Waals surface area contributed by atoms with Crippen molar-refractivity contribution < 1.29 is 15.3 Å². The molecule has 1 fully saturated rings. The van der Waals surface area contributed by atoms with Crippen LogP contribution in [0.3, 0.4) is 0 Å². The summed E-state index contributed by atoms with van der Waals surface area (Å²) < 4.78 is 0. The van der Waals surface area contributed by atoms with E-state index < -0.39 is 0 Å². The van der Waals surface area contributed by atoms with E-state index in [4.69, 9.17) is 5.11 Å². The zero-order valence-electron chi connectivity index (χ0n) is 15.2. The Morgan fingerprint density at radius 1 is 0.913 bits per heavy atom. The van der Waals surface area contributed by atoms with E-state index in [0.717, 1.165) is 32.1 Å². The fourth-order valence-electron chi connectivity index (χ4n) is 3.38. The van der Waals surface area contributed by atoms with Crippen LogP contribution in [0.25, 0.3) is 0 Å². The van der Waals surface area contributed by atoms with Gasteiger partial charge >= 0.3 is 0 Å². The molecule has 0 unspecified atom stereocenters. The molecular formula is C19H39NO3.